The molecule has 3 aromatic carbocycles. The smallest absolute Gasteiger partial charge is 0.198 e. The Morgan fingerprint density at radius 2 is 1.30 bits per heavy atom. The van der Waals surface area contributed by atoms with Crippen molar-refractivity contribution in [2.75, 3.05) is 14.2 Å². The summed E-state index contributed by atoms with van der Waals surface area (Å²) in [5, 5.41) is 0. The molecule has 0 fully saturated rings. The van der Waals surface area contributed by atoms with Crippen molar-refractivity contribution in [3.8, 4) is 22.9 Å². The molecule has 0 saturated heterocycles. The topological polar surface area (TPSA) is 62.1 Å². The van der Waals surface area contributed by atoms with Crippen molar-refractivity contribution in [1.82, 2.24) is 19.5 Å². The normalized spacial score (nSPS) is 11.1. The first kappa shape index (κ1) is 18.1. The highest BCUT2D eigenvalue weighted by Gasteiger charge is 2.16. The SMILES string of the molecule is COc1ccc(Cn2c(-c3ccc(OC)cc3)nc3nc4ccccc4nc32)cc1. The van der Waals surface area contributed by atoms with Crippen LogP contribution < -0.4 is 9.47 Å². The number of hydrogen-bond donors (Lipinski definition) is 0. The van der Waals surface area contributed by atoms with Gasteiger partial charge in [0.05, 0.1) is 31.8 Å². The average molecular weight is 396 g/mol. The highest BCUT2D eigenvalue weighted by molar-refractivity contribution is 5.85. The molecule has 0 aliphatic rings. The third-order valence-corrected chi connectivity index (χ3v) is 5.11. The first-order valence-corrected chi connectivity index (χ1v) is 9.65. The van der Waals surface area contributed by atoms with Crippen LogP contribution in [0, 0.1) is 0 Å². The lowest BCUT2D eigenvalue weighted by Crippen LogP contribution is -2.03. The number of nitrogens with zero attached hydrogens (tertiary/aromatic N) is 4. The molecule has 148 valence electrons. The van der Waals surface area contributed by atoms with E-state index in [9.17, 15) is 0 Å². The molecule has 0 aliphatic heterocycles. The van der Waals surface area contributed by atoms with Gasteiger partial charge in [0.15, 0.2) is 11.3 Å². The van der Waals surface area contributed by atoms with Crippen molar-refractivity contribution >= 4 is 22.3 Å². The molecule has 0 radical (unpaired) electrons. The van der Waals surface area contributed by atoms with Crippen molar-refractivity contribution in [3.05, 3.63) is 78.4 Å². The van der Waals surface area contributed by atoms with E-state index in [4.69, 9.17) is 24.4 Å². The molecular weight excluding hydrogens is 376 g/mol. The second kappa shape index (κ2) is 7.48. The number of imidazole rings is 1. The number of aromatic nitrogens is 4. The number of benzene rings is 3. The van der Waals surface area contributed by atoms with E-state index in [1.54, 1.807) is 14.2 Å². The fourth-order valence-electron chi connectivity index (χ4n) is 3.52. The van der Waals surface area contributed by atoms with Crippen LogP contribution in [0.25, 0.3) is 33.7 Å². The molecule has 0 bridgehead atoms. The Morgan fingerprint density at radius 1 is 0.700 bits per heavy atom. The van der Waals surface area contributed by atoms with E-state index < -0.39 is 0 Å². The van der Waals surface area contributed by atoms with Gasteiger partial charge >= 0.3 is 0 Å². The molecule has 2 aromatic heterocycles. The Labute approximate surface area is 173 Å². The summed E-state index contributed by atoms with van der Waals surface area (Å²) in [6.45, 7) is 0.620. The molecule has 5 rings (SSSR count). The van der Waals surface area contributed by atoms with Crippen LogP contribution in [0.3, 0.4) is 0 Å². The highest BCUT2D eigenvalue weighted by atomic mass is 16.5. The predicted octanol–water partition coefficient (Wildman–Crippen LogP) is 4.71. The van der Waals surface area contributed by atoms with Gasteiger partial charge in [-0.3, -0.25) is 0 Å². The summed E-state index contributed by atoms with van der Waals surface area (Å²) >= 11 is 0. The summed E-state index contributed by atoms with van der Waals surface area (Å²) < 4.78 is 12.7. The van der Waals surface area contributed by atoms with Crippen LogP contribution in [0.15, 0.2) is 72.8 Å². The van der Waals surface area contributed by atoms with Crippen LogP contribution in [0.5, 0.6) is 11.5 Å². The Morgan fingerprint density at radius 3 is 1.93 bits per heavy atom. The van der Waals surface area contributed by atoms with Gasteiger partial charge in [-0.15, -0.1) is 0 Å². The van der Waals surface area contributed by atoms with E-state index in [0.717, 1.165) is 45.1 Å². The number of para-hydroxylation sites is 2. The van der Waals surface area contributed by atoms with Crippen molar-refractivity contribution in [3.63, 3.8) is 0 Å². The molecule has 6 heteroatoms. The number of ether oxygens (including phenoxy) is 2. The van der Waals surface area contributed by atoms with E-state index in [1.807, 2.05) is 60.7 Å². The fourth-order valence-corrected chi connectivity index (χ4v) is 3.52. The van der Waals surface area contributed by atoms with Crippen molar-refractivity contribution < 1.29 is 9.47 Å². The van der Waals surface area contributed by atoms with Gasteiger partial charge < -0.3 is 14.0 Å². The molecule has 0 atom stereocenters. The van der Waals surface area contributed by atoms with Gasteiger partial charge in [-0.05, 0) is 54.1 Å². The van der Waals surface area contributed by atoms with E-state index in [2.05, 4.69) is 16.7 Å². The van der Waals surface area contributed by atoms with Gasteiger partial charge in [0.1, 0.15) is 17.3 Å². The zero-order chi connectivity index (χ0) is 20.5. The minimum Gasteiger partial charge on any atom is -0.497 e. The molecule has 0 unspecified atom stereocenters. The molecule has 0 spiro atoms. The quantitative estimate of drug-likeness (QED) is 0.430. The summed E-state index contributed by atoms with van der Waals surface area (Å²) in [5.74, 6) is 2.45. The molecule has 0 saturated carbocycles. The molecule has 5 aromatic rings. The first-order chi connectivity index (χ1) is 14.7. The third-order valence-electron chi connectivity index (χ3n) is 5.11. The van der Waals surface area contributed by atoms with Crippen LogP contribution in [0.1, 0.15) is 5.56 Å². The molecular formula is C24H20N4O2. The summed E-state index contributed by atoms with van der Waals surface area (Å²) in [5.41, 5.74) is 5.18. The Bertz CT molecular complexity index is 1330. The van der Waals surface area contributed by atoms with Crippen LogP contribution in [0.2, 0.25) is 0 Å². The Hall–Kier alpha value is -3.93. The van der Waals surface area contributed by atoms with Crippen molar-refractivity contribution in [2.45, 2.75) is 6.54 Å². The lowest BCUT2D eigenvalue weighted by molar-refractivity contribution is 0.414. The second-order valence-corrected chi connectivity index (χ2v) is 6.96. The second-order valence-electron chi connectivity index (χ2n) is 6.96. The molecule has 0 N–H and O–H groups in total. The number of fused-ring (bicyclic) bond motifs is 2. The molecule has 0 amide bonds. The highest BCUT2D eigenvalue weighted by Crippen LogP contribution is 2.27. The van der Waals surface area contributed by atoms with E-state index in [1.165, 1.54) is 0 Å². The van der Waals surface area contributed by atoms with Crippen LogP contribution in [0.4, 0.5) is 0 Å². The lowest BCUT2D eigenvalue weighted by atomic mass is 10.2. The zero-order valence-corrected chi connectivity index (χ0v) is 16.7. The van der Waals surface area contributed by atoms with Gasteiger partial charge in [0.25, 0.3) is 0 Å². The fraction of sp³-hybridized carbons (Fsp3) is 0.125. The monoisotopic (exact) mass is 396 g/mol. The van der Waals surface area contributed by atoms with E-state index >= 15 is 0 Å². The Balaban J connectivity index is 1.69. The first-order valence-electron chi connectivity index (χ1n) is 9.65. The minimum atomic E-state index is 0.620. The Kier molecular flexibility index (Phi) is 4.52. The van der Waals surface area contributed by atoms with Crippen LogP contribution in [-0.2, 0) is 6.54 Å². The summed E-state index contributed by atoms with van der Waals surface area (Å²) in [6.07, 6.45) is 0. The number of methoxy groups -OCH3 is 2. The number of rotatable bonds is 5. The maximum absolute atomic E-state index is 5.30. The average Bonchev–Trinajstić information content (AvgIpc) is 3.15. The summed E-state index contributed by atoms with van der Waals surface area (Å²) in [6, 6.07) is 23.8. The molecule has 0 aliphatic carbocycles. The van der Waals surface area contributed by atoms with Crippen LogP contribution >= 0.6 is 0 Å². The van der Waals surface area contributed by atoms with Crippen LogP contribution in [-0.4, -0.2) is 33.7 Å². The van der Waals surface area contributed by atoms with Gasteiger partial charge in [-0.25, -0.2) is 15.0 Å². The minimum absolute atomic E-state index is 0.620. The third kappa shape index (κ3) is 3.22. The van der Waals surface area contributed by atoms with Gasteiger partial charge in [0, 0.05) is 5.56 Å². The number of hydrogen-bond acceptors (Lipinski definition) is 5. The van der Waals surface area contributed by atoms with Gasteiger partial charge in [0.2, 0.25) is 0 Å². The summed E-state index contributed by atoms with van der Waals surface area (Å²) in [7, 11) is 3.33. The van der Waals surface area contributed by atoms with Crippen molar-refractivity contribution in [1.29, 1.82) is 0 Å². The molecule has 2 heterocycles. The maximum Gasteiger partial charge on any atom is 0.198 e. The summed E-state index contributed by atoms with van der Waals surface area (Å²) in [4.78, 5) is 14.5. The largest absolute Gasteiger partial charge is 0.497 e. The maximum atomic E-state index is 5.30. The predicted molar refractivity (Wildman–Crippen MR) is 117 cm³/mol. The molecule has 6 nitrogen and oxygen atoms in total. The van der Waals surface area contributed by atoms with Gasteiger partial charge in [-0.1, -0.05) is 24.3 Å². The van der Waals surface area contributed by atoms with Crippen molar-refractivity contribution in [2.24, 2.45) is 0 Å². The van der Waals surface area contributed by atoms with E-state index in [-0.39, 0.29) is 0 Å². The van der Waals surface area contributed by atoms with E-state index in [0.29, 0.717) is 12.2 Å². The zero-order valence-electron chi connectivity index (χ0n) is 16.7. The standard InChI is InChI=1S/C24H20N4O2/c1-29-18-11-7-16(8-12-18)15-28-23(17-9-13-19(30-2)14-10-17)27-22-24(28)26-21-6-4-3-5-20(21)25-22/h3-14H,15H2,1-2H3. The molecule has 30 heavy (non-hydrogen) atoms. The van der Waals surface area contributed by atoms with Gasteiger partial charge in [-0.2, -0.15) is 0 Å². The lowest BCUT2D eigenvalue weighted by Gasteiger charge is -2.10.